The lowest BCUT2D eigenvalue weighted by molar-refractivity contribution is -0.384. The largest absolute Gasteiger partial charge is 0.379 e. The van der Waals surface area contributed by atoms with Crippen molar-refractivity contribution in [3.63, 3.8) is 0 Å². The maximum Gasteiger partial charge on any atom is 0.293 e. The Bertz CT molecular complexity index is 511. The van der Waals surface area contributed by atoms with Gasteiger partial charge in [-0.05, 0) is 12.1 Å². The average Bonchev–Trinajstić information content (AvgIpc) is 2.38. The third kappa shape index (κ3) is 3.82. The lowest BCUT2D eigenvalue weighted by atomic mass is 10.2. The molecule has 1 aromatic carbocycles. The molecule has 0 amide bonds. The molecule has 1 N–H and O–H groups in total. The summed E-state index contributed by atoms with van der Waals surface area (Å²) in [6.07, 6.45) is 0. The number of nitro groups is 1. The monoisotopic (exact) mass is 267 g/mol. The zero-order valence-electron chi connectivity index (χ0n) is 9.88. The molecule has 0 saturated carbocycles. The highest BCUT2D eigenvalue weighted by atomic mass is 32.2. The van der Waals surface area contributed by atoms with Crippen LogP contribution in [0.1, 0.15) is 12.5 Å². The molecule has 96 valence electrons. The summed E-state index contributed by atoms with van der Waals surface area (Å²) in [4.78, 5) is 10.3. The predicted octanol–water partition coefficient (Wildman–Crippen LogP) is 1.65. The van der Waals surface area contributed by atoms with E-state index in [0.717, 1.165) is 0 Å². The molecule has 0 aliphatic rings. The number of nitro benzene ring substituents is 1. The summed E-state index contributed by atoms with van der Waals surface area (Å²) in [6, 6.07) is 6.07. The van der Waals surface area contributed by atoms with Gasteiger partial charge in [-0.2, -0.15) is 5.26 Å². The van der Waals surface area contributed by atoms with Gasteiger partial charge in [0.2, 0.25) is 0 Å². The highest BCUT2D eigenvalue weighted by molar-refractivity contribution is 7.84. The molecule has 0 heterocycles. The zero-order valence-corrected chi connectivity index (χ0v) is 10.7. The Balaban J connectivity index is 2.79. The first-order valence-corrected chi connectivity index (χ1v) is 6.84. The van der Waals surface area contributed by atoms with Crippen molar-refractivity contribution in [1.29, 1.82) is 5.26 Å². The van der Waals surface area contributed by atoms with Gasteiger partial charge >= 0.3 is 0 Å². The summed E-state index contributed by atoms with van der Waals surface area (Å²) in [5.41, 5.74) is 0.438. The fourth-order valence-electron chi connectivity index (χ4n) is 1.35. The fraction of sp³-hybridized carbons (Fsp3) is 0.364. The standard InChI is InChI=1S/C11H13N3O3S/c1-2-18(17)6-5-13-10-4-3-9(8-12)7-11(10)14(15)16/h3-4,7,13H,2,5-6H2,1H3. The first kappa shape index (κ1) is 14.1. The van der Waals surface area contributed by atoms with Crippen molar-refractivity contribution in [2.24, 2.45) is 0 Å². The lowest BCUT2D eigenvalue weighted by Crippen LogP contribution is -2.12. The number of nitrogens with one attached hydrogen (secondary N) is 1. The highest BCUT2D eigenvalue weighted by Gasteiger charge is 2.14. The molecule has 0 fully saturated rings. The molecule has 0 bridgehead atoms. The third-order valence-electron chi connectivity index (χ3n) is 2.29. The van der Waals surface area contributed by atoms with Gasteiger partial charge in [0, 0.05) is 34.9 Å². The third-order valence-corrected chi connectivity index (χ3v) is 3.59. The van der Waals surface area contributed by atoms with E-state index in [2.05, 4.69) is 5.32 Å². The normalized spacial score (nSPS) is 11.6. The molecule has 1 unspecified atom stereocenters. The van der Waals surface area contributed by atoms with E-state index in [1.165, 1.54) is 18.2 Å². The first-order valence-electron chi connectivity index (χ1n) is 5.36. The lowest BCUT2D eigenvalue weighted by Gasteiger charge is -2.06. The molecule has 0 radical (unpaired) electrons. The van der Waals surface area contributed by atoms with Crippen LogP contribution in [0.25, 0.3) is 0 Å². The summed E-state index contributed by atoms with van der Waals surface area (Å²) in [6.45, 7) is 2.22. The van der Waals surface area contributed by atoms with E-state index in [1.807, 2.05) is 13.0 Å². The van der Waals surface area contributed by atoms with Crippen LogP contribution in [0.4, 0.5) is 11.4 Å². The second kappa shape index (κ2) is 6.71. The molecule has 0 saturated heterocycles. The van der Waals surface area contributed by atoms with Crippen LogP contribution >= 0.6 is 0 Å². The molecule has 0 aliphatic heterocycles. The van der Waals surface area contributed by atoms with Crippen molar-refractivity contribution in [3.8, 4) is 6.07 Å². The molecule has 6 nitrogen and oxygen atoms in total. The summed E-state index contributed by atoms with van der Waals surface area (Å²) in [5.74, 6) is 1.00. The molecule has 0 aromatic heterocycles. The van der Waals surface area contributed by atoms with E-state index < -0.39 is 15.7 Å². The van der Waals surface area contributed by atoms with E-state index in [4.69, 9.17) is 5.26 Å². The maximum atomic E-state index is 11.2. The predicted molar refractivity (Wildman–Crippen MR) is 69.9 cm³/mol. The first-order chi connectivity index (χ1) is 8.58. The number of benzene rings is 1. The van der Waals surface area contributed by atoms with Gasteiger partial charge in [-0.3, -0.25) is 14.3 Å². The number of nitrogens with zero attached hydrogens (tertiary/aromatic N) is 2. The molecule has 18 heavy (non-hydrogen) atoms. The number of anilines is 1. The molecule has 0 aliphatic carbocycles. The maximum absolute atomic E-state index is 11.2. The SMILES string of the molecule is CCS(=O)CCNc1ccc(C#N)cc1[N+](=O)[O-]. The van der Waals surface area contributed by atoms with Crippen LogP contribution in [-0.2, 0) is 10.8 Å². The minimum Gasteiger partial charge on any atom is -0.379 e. The summed E-state index contributed by atoms with van der Waals surface area (Å²) in [5, 5.41) is 22.4. The molecule has 1 rings (SSSR count). The summed E-state index contributed by atoms with van der Waals surface area (Å²) in [7, 11) is -0.909. The molecule has 1 atom stereocenters. The van der Waals surface area contributed by atoms with Crippen LogP contribution in [0.3, 0.4) is 0 Å². The second-order valence-electron chi connectivity index (χ2n) is 3.46. The van der Waals surface area contributed by atoms with Crippen molar-refractivity contribution in [2.45, 2.75) is 6.92 Å². The summed E-state index contributed by atoms with van der Waals surface area (Å²) >= 11 is 0. The van der Waals surface area contributed by atoms with Gasteiger partial charge in [0.15, 0.2) is 0 Å². The van der Waals surface area contributed by atoms with Crippen LogP contribution in [-0.4, -0.2) is 27.2 Å². The van der Waals surface area contributed by atoms with Crippen molar-refractivity contribution in [3.05, 3.63) is 33.9 Å². The van der Waals surface area contributed by atoms with Gasteiger partial charge < -0.3 is 5.32 Å². The molecule has 7 heteroatoms. The molecule has 1 aromatic rings. The number of hydrogen-bond donors (Lipinski definition) is 1. The average molecular weight is 267 g/mol. The Kier molecular flexibility index (Phi) is 5.27. The minimum absolute atomic E-state index is 0.142. The highest BCUT2D eigenvalue weighted by Crippen LogP contribution is 2.24. The Morgan fingerprint density at radius 1 is 1.56 bits per heavy atom. The molecular formula is C11H13N3O3S. The van der Waals surface area contributed by atoms with Crippen LogP contribution in [0.5, 0.6) is 0 Å². The van der Waals surface area contributed by atoms with E-state index in [1.54, 1.807) is 0 Å². The number of rotatable bonds is 6. The van der Waals surface area contributed by atoms with E-state index in [-0.39, 0.29) is 11.3 Å². The molecular weight excluding hydrogens is 254 g/mol. The quantitative estimate of drug-likeness (QED) is 0.624. The van der Waals surface area contributed by atoms with Crippen molar-refractivity contribution >= 4 is 22.2 Å². The van der Waals surface area contributed by atoms with Crippen molar-refractivity contribution in [2.75, 3.05) is 23.4 Å². The summed E-state index contributed by atoms with van der Waals surface area (Å²) < 4.78 is 11.2. The van der Waals surface area contributed by atoms with Gasteiger partial charge in [-0.1, -0.05) is 6.92 Å². The smallest absolute Gasteiger partial charge is 0.293 e. The molecule has 0 spiro atoms. The van der Waals surface area contributed by atoms with Crippen LogP contribution in [0, 0.1) is 21.4 Å². The van der Waals surface area contributed by atoms with Gasteiger partial charge in [0.1, 0.15) is 5.69 Å². The minimum atomic E-state index is -0.909. The van der Waals surface area contributed by atoms with Gasteiger partial charge in [-0.15, -0.1) is 0 Å². The number of nitriles is 1. The Hall–Kier alpha value is -1.94. The van der Waals surface area contributed by atoms with Gasteiger partial charge in [-0.25, -0.2) is 0 Å². The van der Waals surface area contributed by atoms with Crippen LogP contribution < -0.4 is 5.32 Å². The van der Waals surface area contributed by atoms with Gasteiger partial charge in [0.05, 0.1) is 16.6 Å². The second-order valence-corrected chi connectivity index (χ2v) is 5.33. The van der Waals surface area contributed by atoms with E-state index in [0.29, 0.717) is 23.7 Å². The topological polar surface area (TPSA) is 96.0 Å². The van der Waals surface area contributed by atoms with Gasteiger partial charge in [0.25, 0.3) is 5.69 Å². The van der Waals surface area contributed by atoms with E-state index >= 15 is 0 Å². The number of hydrogen-bond acceptors (Lipinski definition) is 5. The van der Waals surface area contributed by atoms with Crippen molar-refractivity contribution < 1.29 is 9.13 Å². The Morgan fingerprint density at radius 2 is 2.28 bits per heavy atom. The zero-order chi connectivity index (χ0) is 13.5. The Labute approximate surface area is 107 Å². The Morgan fingerprint density at radius 3 is 2.83 bits per heavy atom. The van der Waals surface area contributed by atoms with Crippen LogP contribution in [0.15, 0.2) is 18.2 Å². The van der Waals surface area contributed by atoms with Crippen molar-refractivity contribution in [1.82, 2.24) is 0 Å². The van der Waals surface area contributed by atoms with Crippen LogP contribution in [0.2, 0.25) is 0 Å². The van der Waals surface area contributed by atoms with E-state index in [9.17, 15) is 14.3 Å². The fourth-order valence-corrected chi connectivity index (χ4v) is 1.96.